The van der Waals surface area contributed by atoms with E-state index in [9.17, 15) is 9.59 Å². The first-order chi connectivity index (χ1) is 17.9. The molecule has 0 aliphatic rings. The largest absolute Gasteiger partial charge is 0.385 e. The highest BCUT2D eigenvalue weighted by Gasteiger charge is 2.26. The molecule has 6 heteroatoms. The molecule has 37 heavy (non-hydrogen) atoms. The average molecular weight is 496 g/mol. The lowest BCUT2D eigenvalue weighted by Gasteiger charge is -2.30. The van der Waals surface area contributed by atoms with Gasteiger partial charge in [-0.1, -0.05) is 60.2 Å². The molecule has 0 aliphatic carbocycles. The molecule has 0 saturated heterocycles. The van der Waals surface area contributed by atoms with Crippen molar-refractivity contribution in [3.8, 4) is 5.69 Å². The van der Waals surface area contributed by atoms with Crippen molar-refractivity contribution in [2.24, 2.45) is 0 Å². The van der Waals surface area contributed by atoms with E-state index in [0.717, 1.165) is 22.4 Å². The van der Waals surface area contributed by atoms with Crippen molar-refractivity contribution in [2.75, 3.05) is 20.3 Å². The second-order valence-corrected chi connectivity index (χ2v) is 9.22. The van der Waals surface area contributed by atoms with Crippen molar-refractivity contribution < 1.29 is 9.53 Å². The Hall–Kier alpha value is -4.03. The number of benzene rings is 3. The van der Waals surface area contributed by atoms with Gasteiger partial charge in [0.25, 0.3) is 5.56 Å². The normalized spacial score (nSPS) is 12.2. The molecule has 1 aromatic heterocycles. The number of para-hydroxylation sites is 1. The van der Waals surface area contributed by atoms with E-state index in [-0.39, 0.29) is 11.5 Å². The number of aromatic nitrogens is 2. The number of aryl methyl sites for hydroxylation is 2. The van der Waals surface area contributed by atoms with Crippen molar-refractivity contribution in [3.05, 3.63) is 112 Å². The van der Waals surface area contributed by atoms with E-state index < -0.39 is 6.04 Å². The maximum atomic E-state index is 13.8. The highest BCUT2D eigenvalue weighted by molar-refractivity contribution is 5.92. The molecule has 0 bridgehead atoms. The van der Waals surface area contributed by atoms with Gasteiger partial charge in [0.05, 0.1) is 22.6 Å². The molecule has 190 valence electrons. The second-order valence-electron chi connectivity index (χ2n) is 9.22. The predicted molar refractivity (Wildman–Crippen MR) is 149 cm³/mol. The summed E-state index contributed by atoms with van der Waals surface area (Å²) in [6.07, 6.45) is 4.05. The first kappa shape index (κ1) is 26.0. The van der Waals surface area contributed by atoms with Crippen LogP contribution in [-0.4, -0.2) is 40.6 Å². The van der Waals surface area contributed by atoms with Crippen LogP contribution in [-0.2, 0) is 9.53 Å². The third kappa shape index (κ3) is 5.87. The van der Waals surface area contributed by atoms with Gasteiger partial charge in [-0.05, 0) is 62.6 Å². The lowest BCUT2D eigenvalue weighted by atomic mass is 10.1. The van der Waals surface area contributed by atoms with Gasteiger partial charge in [0.1, 0.15) is 5.82 Å². The van der Waals surface area contributed by atoms with Gasteiger partial charge in [-0.25, -0.2) is 4.98 Å². The summed E-state index contributed by atoms with van der Waals surface area (Å²) < 4.78 is 6.92. The summed E-state index contributed by atoms with van der Waals surface area (Å²) in [4.78, 5) is 34.1. The highest BCUT2D eigenvalue weighted by Crippen LogP contribution is 2.25. The standard InChI is InChI=1S/C31H33N3O3/c1-22-15-17-28(23(2)21-22)34-30(32-27-14-9-8-13-26(27)31(34)36)24(3)33(19-10-20-37-4)29(35)18-16-25-11-6-5-7-12-25/h5-9,11-18,21,24H,10,19-20H2,1-4H3. The second kappa shape index (κ2) is 11.8. The minimum Gasteiger partial charge on any atom is -0.385 e. The van der Waals surface area contributed by atoms with Crippen LogP contribution in [0, 0.1) is 13.8 Å². The summed E-state index contributed by atoms with van der Waals surface area (Å²) in [5, 5.41) is 0.541. The molecule has 6 nitrogen and oxygen atoms in total. The lowest BCUT2D eigenvalue weighted by molar-refractivity contribution is -0.128. The van der Waals surface area contributed by atoms with E-state index in [1.807, 2.05) is 87.5 Å². The Bertz CT molecular complexity index is 1470. The fraction of sp³-hybridized carbons (Fsp3) is 0.258. The zero-order valence-electron chi connectivity index (χ0n) is 21.8. The smallest absolute Gasteiger partial charge is 0.266 e. The topological polar surface area (TPSA) is 64.4 Å². The van der Waals surface area contributed by atoms with Crippen molar-refractivity contribution >= 4 is 22.9 Å². The minimum atomic E-state index is -0.470. The van der Waals surface area contributed by atoms with Gasteiger partial charge in [-0.3, -0.25) is 14.2 Å². The van der Waals surface area contributed by atoms with Crippen LogP contribution in [0.25, 0.3) is 22.7 Å². The number of hydrogen-bond donors (Lipinski definition) is 0. The fourth-order valence-electron chi connectivity index (χ4n) is 4.56. The number of fused-ring (bicyclic) bond motifs is 1. The van der Waals surface area contributed by atoms with E-state index >= 15 is 0 Å². The molecule has 1 amide bonds. The first-order valence-electron chi connectivity index (χ1n) is 12.5. The average Bonchev–Trinajstić information content (AvgIpc) is 2.90. The Labute approximate surface area is 217 Å². The molecule has 0 radical (unpaired) electrons. The first-order valence-corrected chi connectivity index (χ1v) is 12.5. The number of rotatable bonds is 9. The number of nitrogens with zero attached hydrogens (tertiary/aromatic N) is 3. The van der Waals surface area contributed by atoms with Crippen LogP contribution in [0.3, 0.4) is 0 Å². The number of ether oxygens (including phenoxy) is 1. The van der Waals surface area contributed by atoms with Gasteiger partial charge < -0.3 is 9.64 Å². The molecule has 0 fully saturated rings. The van der Waals surface area contributed by atoms with Crippen LogP contribution in [0.15, 0.2) is 83.7 Å². The van der Waals surface area contributed by atoms with Crippen molar-refractivity contribution in [1.82, 2.24) is 14.5 Å². The molecule has 1 heterocycles. The Morgan fingerprint density at radius 2 is 1.78 bits per heavy atom. The van der Waals surface area contributed by atoms with Gasteiger partial charge in [0.2, 0.25) is 5.91 Å². The van der Waals surface area contributed by atoms with Crippen LogP contribution >= 0.6 is 0 Å². The Morgan fingerprint density at radius 3 is 2.51 bits per heavy atom. The van der Waals surface area contributed by atoms with Gasteiger partial charge in [0.15, 0.2) is 0 Å². The molecule has 0 spiro atoms. The fourth-order valence-corrected chi connectivity index (χ4v) is 4.56. The number of carbonyl (C=O) groups is 1. The molecular weight excluding hydrogens is 462 g/mol. The lowest BCUT2D eigenvalue weighted by Crippen LogP contribution is -2.37. The van der Waals surface area contributed by atoms with Crippen LogP contribution < -0.4 is 5.56 Å². The van der Waals surface area contributed by atoms with Gasteiger partial charge in [0, 0.05) is 26.3 Å². The van der Waals surface area contributed by atoms with Crippen molar-refractivity contribution in [3.63, 3.8) is 0 Å². The zero-order chi connectivity index (χ0) is 26.4. The molecule has 0 saturated carbocycles. The van der Waals surface area contributed by atoms with E-state index in [1.165, 1.54) is 0 Å². The van der Waals surface area contributed by atoms with Crippen LogP contribution in [0.2, 0.25) is 0 Å². The summed E-state index contributed by atoms with van der Waals surface area (Å²) in [5.74, 6) is 0.372. The zero-order valence-corrected chi connectivity index (χ0v) is 21.8. The van der Waals surface area contributed by atoms with Gasteiger partial charge in [-0.2, -0.15) is 0 Å². The predicted octanol–water partition coefficient (Wildman–Crippen LogP) is 5.64. The number of hydrogen-bond acceptors (Lipinski definition) is 4. The number of amides is 1. The highest BCUT2D eigenvalue weighted by atomic mass is 16.5. The summed E-state index contributed by atoms with van der Waals surface area (Å²) in [7, 11) is 1.65. The van der Waals surface area contributed by atoms with Gasteiger partial charge in [-0.15, -0.1) is 0 Å². The number of methoxy groups -OCH3 is 1. The molecule has 4 aromatic rings. The third-order valence-electron chi connectivity index (χ3n) is 6.48. The number of carbonyl (C=O) groups excluding carboxylic acids is 1. The minimum absolute atomic E-state index is 0.150. The SMILES string of the molecule is COCCCN(C(=O)C=Cc1ccccc1)C(C)c1nc2ccccc2c(=O)n1-c1ccc(C)cc1C. The summed E-state index contributed by atoms with van der Waals surface area (Å²) in [6.45, 7) is 6.92. The van der Waals surface area contributed by atoms with E-state index in [4.69, 9.17) is 9.72 Å². The van der Waals surface area contributed by atoms with E-state index in [0.29, 0.717) is 36.3 Å². The Balaban J connectivity index is 1.84. The van der Waals surface area contributed by atoms with Crippen molar-refractivity contribution in [2.45, 2.75) is 33.2 Å². The van der Waals surface area contributed by atoms with Crippen LogP contribution in [0.5, 0.6) is 0 Å². The summed E-state index contributed by atoms with van der Waals surface area (Å²) in [5.41, 5.74) is 4.24. The van der Waals surface area contributed by atoms with Crippen LogP contribution in [0.1, 0.15) is 41.9 Å². The van der Waals surface area contributed by atoms with Crippen LogP contribution in [0.4, 0.5) is 0 Å². The Morgan fingerprint density at radius 1 is 1.05 bits per heavy atom. The molecule has 3 aromatic carbocycles. The molecule has 1 atom stereocenters. The summed E-state index contributed by atoms with van der Waals surface area (Å²) >= 11 is 0. The molecule has 4 rings (SSSR count). The monoisotopic (exact) mass is 495 g/mol. The molecule has 0 aliphatic heterocycles. The van der Waals surface area contributed by atoms with E-state index in [1.54, 1.807) is 28.7 Å². The molecular formula is C31H33N3O3. The van der Waals surface area contributed by atoms with E-state index in [2.05, 4.69) is 6.07 Å². The third-order valence-corrected chi connectivity index (χ3v) is 6.48. The van der Waals surface area contributed by atoms with Crippen molar-refractivity contribution in [1.29, 1.82) is 0 Å². The quantitative estimate of drug-likeness (QED) is 0.223. The van der Waals surface area contributed by atoms with Gasteiger partial charge >= 0.3 is 0 Å². The molecule has 1 unspecified atom stereocenters. The Kier molecular flexibility index (Phi) is 8.31. The summed E-state index contributed by atoms with van der Waals surface area (Å²) in [6, 6.07) is 22.6. The maximum absolute atomic E-state index is 13.8. The maximum Gasteiger partial charge on any atom is 0.266 e. The molecule has 0 N–H and O–H groups in total.